The summed E-state index contributed by atoms with van der Waals surface area (Å²) in [6, 6.07) is 0. The second-order valence-corrected chi connectivity index (χ2v) is 3.32. The molecule has 0 aliphatic heterocycles. The van der Waals surface area contributed by atoms with Crippen molar-refractivity contribution in [1.82, 2.24) is 0 Å². The van der Waals surface area contributed by atoms with E-state index >= 15 is 0 Å². The molecule has 0 saturated heterocycles. The Balaban J connectivity index is 3.65. The van der Waals surface area contributed by atoms with E-state index < -0.39 is 0 Å². The summed E-state index contributed by atoms with van der Waals surface area (Å²) in [5.74, 6) is 0.913. The molecular weight excluding hydrogens is 132 g/mol. The van der Waals surface area contributed by atoms with Crippen LogP contribution in [0, 0.1) is 5.92 Å². The quantitative estimate of drug-likeness (QED) is 0.521. The summed E-state index contributed by atoms with van der Waals surface area (Å²) < 4.78 is 0. The fourth-order valence-electron chi connectivity index (χ4n) is 1.13. The maximum Gasteiger partial charge on any atom is -0.0320 e. The van der Waals surface area contributed by atoms with Crippen LogP contribution in [0.25, 0.3) is 0 Å². The SMILES string of the molecule is CCC(C)=CCC(CC)CC. The van der Waals surface area contributed by atoms with Crippen LogP contribution in [-0.4, -0.2) is 0 Å². The van der Waals surface area contributed by atoms with E-state index in [0.717, 1.165) is 5.92 Å². The molecule has 0 saturated carbocycles. The summed E-state index contributed by atoms with van der Waals surface area (Å²) in [7, 11) is 0. The number of rotatable bonds is 5. The zero-order valence-corrected chi connectivity index (χ0v) is 8.48. The first-order valence-electron chi connectivity index (χ1n) is 4.90. The summed E-state index contributed by atoms with van der Waals surface area (Å²) in [5.41, 5.74) is 1.54. The summed E-state index contributed by atoms with van der Waals surface area (Å²) in [6.45, 7) is 9.01. The predicted octanol–water partition coefficient (Wildman–Crippen LogP) is 4.17. The first kappa shape index (κ1) is 10.7. The Morgan fingerprint density at radius 1 is 1.18 bits per heavy atom. The highest BCUT2D eigenvalue weighted by atomic mass is 14.1. The molecule has 0 atom stereocenters. The Hall–Kier alpha value is -0.260. The van der Waals surface area contributed by atoms with Gasteiger partial charge >= 0.3 is 0 Å². The molecule has 0 bridgehead atoms. The largest absolute Gasteiger partial charge is 0.0853 e. The molecule has 0 aromatic heterocycles. The maximum absolute atomic E-state index is 2.40. The van der Waals surface area contributed by atoms with Crippen molar-refractivity contribution in [2.24, 2.45) is 5.92 Å². The molecule has 66 valence electrons. The van der Waals surface area contributed by atoms with E-state index in [1.807, 2.05) is 0 Å². The topological polar surface area (TPSA) is 0 Å². The third-order valence-electron chi connectivity index (χ3n) is 2.51. The molecule has 0 aromatic carbocycles. The van der Waals surface area contributed by atoms with E-state index in [1.165, 1.54) is 31.3 Å². The number of hydrogen-bond acceptors (Lipinski definition) is 0. The summed E-state index contributed by atoms with van der Waals surface area (Å²) in [6.07, 6.45) is 7.54. The van der Waals surface area contributed by atoms with Gasteiger partial charge in [0.25, 0.3) is 0 Å². The van der Waals surface area contributed by atoms with Gasteiger partial charge in [-0.2, -0.15) is 0 Å². The fourth-order valence-corrected chi connectivity index (χ4v) is 1.13. The van der Waals surface area contributed by atoms with Gasteiger partial charge in [0.15, 0.2) is 0 Å². The highest BCUT2D eigenvalue weighted by Crippen LogP contribution is 2.14. The lowest BCUT2D eigenvalue weighted by molar-refractivity contribution is 0.498. The lowest BCUT2D eigenvalue weighted by Crippen LogP contribution is -1.94. The zero-order chi connectivity index (χ0) is 8.69. The minimum atomic E-state index is 0.913. The van der Waals surface area contributed by atoms with E-state index in [1.54, 1.807) is 0 Å². The van der Waals surface area contributed by atoms with Gasteiger partial charge in [-0.3, -0.25) is 0 Å². The van der Waals surface area contributed by atoms with Crippen LogP contribution < -0.4 is 0 Å². The molecule has 0 spiro atoms. The summed E-state index contributed by atoms with van der Waals surface area (Å²) >= 11 is 0. The lowest BCUT2D eigenvalue weighted by atomic mass is 9.98. The van der Waals surface area contributed by atoms with E-state index in [4.69, 9.17) is 0 Å². The van der Waals surface area contributed by atoms with E-state index in [-0.39, 0.29) is 0 Å². The van der Waals surface area contributed by atoms with Crippen molar-refractivity contribution < 1.29 is 0 Å². The van der Waals surface area contributed by atoms with Gasteiger partial charge in [0.2, 0.25) is 0 Å². The fraction of sp³-hybridized carbons (Fsp3) is 0.818. The van der Waals surface area contributed by atoms with E-state index in [9.17, 15) is 0 Å². The van der Waals surface area contributed by atoms with Gasteiger partial charge in [0, 0.05) is 0 Å². The minimum absolute atomic E-state index is 0.913. The molecule has 0 heteroatoms. The molecule has 0 aliphatic rings. The van der Waals surface area contributed by atoms with Gasteiger partial charge in [-0.15, -0.1) is 0 Å². The maximum atomic E-state index is 2.40. The standard InChI is InChI=1S/C11H22/c1-5-10(4)8-9-11(6-2)7-3/h8,11H,5-7,9H2,1-4H3. The molecule has 0 aromatic rings. The van der Waals surface area contributed by atoms with Crippen LogP contribution in [0.1, 0.15) is 53.4 Å². The van der Waals surface area contributed by atoms with Crippen LogP contribution in [0.3, 0.4) is 0 Å². The molecule has 0 aliphatic carbocycles. The minimum Gasteiger partial charge on any atom is -0.0853 e. The van der Waals surface area contributed by atoms with Crippen molar-refractivity contribution in [3.63, 3.8) is 0 Å². The van der Waals surface area contributed by atoms with Crippen molar-refractivity contribution in [3.05, 3.63) is 11.6 Å². The van der Waals surface area contributed by atoms with Gasteiger partial charge < -0.3 is 0 Å². The smallest absolute Gasteiger partial charge is 0.0320 e. The highest BCUT2D eigenvalue weighted by Gasteiger charge is 1.99. The molecule has 0 N–H and O–H groups in total. The van der Waals surface area contributed by atoms with Gasteiger partial charge in [0.05, 0.1) is 0 Å². The summed E-state index contributed by atoms with van der Waals surface area (Å²) in [5, 5.41) is 0. The number of allylic oxidation sites excluding steroid dienone is 2. The van der Waals surface area contributed by atoms with Crippen LogP contribution in [0.4, 0.5) is 0 Å². The molecule has 0 unspecified atom stereocenters. The van der Waals surface area contributed by atoms with Gasteiger partial charge in [-0.1, -0.05) is 45.3 Å². The third-order valence-corrected chi connectivity index (χ3v) is 2.51. The van der Waals surface area contributed by atoms with E-state index in [2.05, 4.69) is 33.8 Å². The first-order chi connectivity index (χ1) is 5.24. The third kappa shape index (κ3) is 5.06. The second kappa shape index (κ2) is 6.45. The average molecular weight is 154 g/mol. The van der Waals surface area contributed by atoms with Crippen LogP contribution in [0.15, 0.2) is 11.6 Å². The van der Waals surface area contributed by atoms with Crippen molar-refractivity contribution in [2.45, 2.75) is 53.4 Å². The van der Waals surface area contributed by atoms with Crippen molar-refractivity contribution in [3.8, 4) is 0 Å². The molecule has 0 radical (unpaired) electrons. The van der Waals surface area contributed by atoms with Crippen LogP contribution in [-0.2, 0) is 0 Å². The summed E-state index contributed by atoms with van der Waals surface area (Å²) in [4.78, 5) is 0. The second-order valence-electron chi connectivity index (χ2n) is 3.32. The van der Waals surface area contributed by atoms with Crippen LogP contribution in [0.5, 0.6) is 0 Å². The Bertz CT molecular complexity index is 107. The highest BCUT2D eigenvalue weighted by molar-refractivity contribution is 4.97. The molecular formula is C11H22. The first-order valence-corrected chi connectivity index (χ1v) is 4.90. The molecule has 0 amide bonds. The monoisotopic (exact) mass is 154 g/mol. The Kier molecular flexibility index (Phi) is 6.30. The Labute approximate surface area is 71.7 Å². The Morgan fingerprint density at radius 3 is 2.09 bits per heavy atom. The van der Waals surface area contributed by atoms with Gasteiger partial charge in [-0.25, -0.2) is 0 Å². The Morgan fingerprint density at radius 2 is 1.73 bits per heavy atom. The lowest BCUT2D eigenvalue weighted by Gasteiger charge is -2.08. The molecule has 0 fully saturated rings. The molecule has 0 rings (SSSR count). The van der Waals surface area contributed by atoms with Crippen LogP contribution in [0.2, 0.25) is 0 Å². The zero-order valence-electron chi connectivity index (χ0n) is 8.48. The van der Waals surface area contributed by atoms with Gasteiger partial charge in [-0.05, 0) is 25.7 Å². The van der Waals surface area contributed by atoms with Crippen LogP contribution >= 0.6 is 0 Å². The molecule has 0 nitrogen and oxygen atoms in total. The molecule has 0 heterocycles. The number of hydrogen-bond donors (Lipinski definition) is 0. The van der Waals surface area contributed by atoms with Gasteiger partial charge in [0.1, 0.15) is 0 Å². The van der Waals surface area contributed by atoms with Crippen molar-refractivity contribution in [1.29, 1.82) is 0 Å². The molecule has 11 heavy (non-hydrogen) atoms. The normalized spacial score (nSPS) is 12.6. The van der Waals surface area contributed by atoms with Crippen molar-refractivity contribution in [2.75, 3.05) is 0 Å². The van der Waals surface area contributed by atoms with Crippen molar-refractivity contribution >= 4 is 0 Å². The average Bonchev–Trinajstić information content (AvgIpc) is 2.06. The van der Waals surface area contributed by atoms with E-state index in [0.29, 0.717) is 0 Å². The predicted molar refractivity (Wildman–Crippen MR) is 52.7 cm³/mol.